The molecule has 0 aliphatic carbocycles. The highest BCUT2D eigenvalue weighted by molar-refractivity contribution is 9.27. The zero-order valence-electron chi connectivity index (χ0n) is 3.07. The molecule has 36 valence electrons. The highest BCUT2D eigenvalue weighted by Crippen LogP contribution is 2.23. The van der Waals surface area contributed by atoms with E-state index in [2.05, 4.69) is 31.9 Å². The molecule has 1 nitrogen and oxygen atoms in total. The van der Waals surface area contributed by atoms with E-state index in [9.17, 15) is 4.21 Å². The molecule has 0 bridgehead atoms. The van der Waals surface area contributed by atoms with Gasteiger partial charge in [0.15, 0.2) is 0 Å². The molecular weight excluding hydrogens is 232 g/mol. The summed E-state index contributed by atoms with van der Waals surface area (Å²) < 4.78 is 9.30. The summed E-state index contributed by atoms with van der Waals surface area (Å²) in [6.45, 7) is 1.73. The minimum Gasteiger partial charge on any atom is 0.00411 e. The second kappa shape index (κ2) is 2.33. The van der Waals surface area contributed by atoms with E-state index in [0.717, 1.165) is 0 Å². The normalized spacial score (nSPS) is 11.2. The Bertz CT molecular complexity index is 57.1. The Morgan fingerprint density at radius 3 is 1.83 bits per heavy atom. The van der Waals surface area contributed by atoms with Gasteiger partial charge in [-0.15, -0.1) is 0 Å². The van der Waals surface area contributed by atoms with Crippen LogP contribution in [0.4, 0.5) is 0 Å². The molecule has 0 amide bonds. The Morgan fingerprint density at radius 1 is 1.67 bits per heavy atom. The van der Waals surface area contributed by atoms with E-state index in [1.807, 2.05) is 0 Å². The molecule has 0 rings (SSSR count). The molecule has 0 aliphatic heterocycles. The maximum atomic E-state index is 9.77. The van der Waals surface area contributed by atoms with Gasteiger partial charge in [-0.3, -0.25) is 0 Å². The van der Waals surface area contributed by atoms with Gasteiger partial charge in [0.2, 0.25) is 0 Å². The summed E-state index contributed by atoms with van der Waals surface area (Å²) >= 11 is 6.55. The molecule has 0 unspecified atom stereocenters. The van der Waals surface area contributed by atoms with Crippen LogP contribution in [0.25, 0.3) is 0 Å². The molecule has 0 fully saturated rings. The first-order valence-corrected chi connectivity index (χ1v) is 3.58. The molecule has 0 aromatic rings. The zero-order chi connectivity index (χ0) is 5.21. The number of hydrogen-bond acceptors (Lipinski definition) is 1. The number of alkyl halides is 2. The maximum Gasteiger partial charge on any atom is 0.489 e. The van der Waals surface area contributed by atoms with Crippen molar-refractivity contribution in [1.82, 2.24) is 0 Å². The predicted octanol–water partition coefficient (Wildman–Crippen LogP) is 1.88. The van der Waals surface area contributed by atoms with Gasteiger partial charge in [-0.1, -0.05) is 0 Å². The van der Waals surface area contributed by atoms with Gasteiger partial charge in [0.05, 0.1) is 0 Å². The van der Waals surface area contributed by atoms with E-state index in [1.165, 1.54) is 0 Å². The van der Waals surface area contributed by atoms with Crippen molar-refractivity contribution in [2.45, 2.75) is 9.49 Å². The molecule has 0 atom stereocenters. The molecule has 0 saturated heterocycles. The number of rotatable bonds is 1. The third-order valence-electron chi connectivity index (χ3n) is 0.146. The van der Waals surface area contributed by atoms with Gasteiger partial charge in [0.1, 0.15) is 0 Å². The van der Waals surface area contributed by atoms with Gasteiger partial charge in [0, 0.05) is 43.0 Å². The van der Waals surface area contributed by atoms with Crippen LogP contribution in [0.2, 0.25) is 0 Å². The van der Waals surface area contributed by atoms with Crippen LogP contribution < -0.4 is 0 Å². The lowest BCUT2D eigenvalue weighted by Crippen LogP contribution is -1.97. The average molecular weight is 235 g/mol. The van der Waals surface area contributed by atoms with Gasteiger partial charge in [-0.05, 0) is 0 Å². The monoisotopic (exact) mass is 233 g/mol. The Labute approximate surface area is 57.2 Å². The van der Waals surface area contributed by atoms with Crippen molar-refractivity contribution in [3.05, 3.63) is 0 Å². The lowest BCUT2D eigenvalue weighted by Gasteiger charge is -1.80. The minimum absolute atomic E-state index is 0.465. The van der Waals surface area contributed by atoms with Gasteiger partial charge >= 0.3 is 14.2 Å². The number of halogens is 2. The third kappa shape index (κ3) is 4.98. The fourth-order valence-electron chi connectivity index (χ4n) is 0. The Morgan fingerprint density at radius 2 is 1.83 bits per heavy atom. The summed E-state index contributed by atoms with van der Waals surface area (Å²) in [5.41, 5.74) is 0. The smallest absolute Gasteiger partial charge is 0.00411 e. The molecule has 0 saturated carbocycles. The first-order chi connectivity index (χ1) is 2.56. The minimum atomic E-state index is -0.472. The van der Waals surface area contributed by atoms with Crippen LogP contribution >= 0.6 is 31.9 Å². The summed E-state index contributed by atoms with van der Waals surface area (Å²) in [6.07, 6.45) is 0. The summed E-state index contributed by atoms with van der Waals surface area (Å²) in [5, 5.41) is 0. The van der Waals surface area contributed by atoms with Crippen molar-refractivity contribution in [3.8, 4) is 0 Å². The summed E-state index contributed by atoms with van der Waals surface area (Å²) in [4.78, 5) is 0. The fourth-order valence-corrected chi connectivity index (χ4v) is 0. The molecule has 0 aromatic heterocycles. The van der Waals surface area contributed by atoms with Gasteiger partial charge in [0.25, 0.3) is 0 Å². The predicted molar refractivity (Wildman–Crippen MR) is 34.3 cm³/mol. The lowest BCUT2D eigenvalue weighted by molar-refractivity contribution is 0.604. The van der Waals surface area contributed by atoms with E-state index >= 15 is 0 Å². The van der Waals surface area contributed by atoms with Gasteiger partial charge in [-0.2, -0.15) is 0 Å². The van der Waals surface area contributed by atoms with E-state index in [-0.39, 0.29) is 0 Å². The van der Waals surface area contributed by atoms with Crippen molar-refractivity contribution in [2.24, 2.45) is 0 Å². The van der Waals surface area contributed by atoms with Gasteiger partial charge in [-0.25, -0.2) is 0 Å². The highest BCUT2D eigenvalue weighted by atomic mass is 79.9. The summed E-state index contributed by atoms with van der Waals surface area (Å²) in [5.74, 6) is 0. The van der Waals surface area contributed by atoms with Crippen LogP contribution in [0.3, 0.4) is 0 Å². The molecule has 0 radical (unpaired) electrons. The van der Waals surface area contributed by atoms with Crippen molar-refractivity contribution in [1.29, 1.82) is 0 Å². The molecule has 0 aromatic carbocycles. The largest absolute Gasteiger partial charge is 0.489 e. The summed E-state index contributed by atoms with van der Waals surface area (Å²) in [6, 6.07) is 0. The molecule has 4 heteroatoms. The molecule has 6 heavy (non-hydrogen) atoms. The zero-order valence-corrected chi connectivity index (χ0v) is 7.06. The van der Waals surface area contributed by atoms with Crippen LogP contribution in [0, 0.1) is 0 Å². The average Bonchev–Trinajstić information content (AvgIpc) is 1.35. The SMILES string of the molecule is CC(Br)(Br)[S+]=O. The van der Waals surface area contributed by atoms with Crippen LogP contribution in [0.5, 0.6) is 0 Å². The first-order valence-electron chi connectivity index (χ1n) is 1.25. The second-order valence-corrected chi connectivity index (χ2v) is 7.16. The Hall–Kier alpha value is 0.980. The van der Waals surface area contributed by atoms with Crippen molar-refractivity contribution in [2.75, 3.05) is 0 Å². The van der Waals surface area contributed by atoms with Gasteiger partial charge < -0.3 is 0 Å². The topological polar surface area (TPSA) is 17.1 Å². The maximum absolute atomic E-state index is 9.77. The van der Waals surface area contributed by atoms with Crippen LogP contribution in [-0.2, 0) is 15.9 Å². The van der Waals surface area contributed by atoms with E-state index in [4.69, 9.17) is 0 Å². The fraction of sp³-hybridized carbons (Fsp3) is 1.00. The standard InChI is InChI=1S/C2H3Br2OS/c1-2(3,4)6-5/h1H3/q+1. The van der Waals surface area contributed by atoms with Crippen molar-refractivity contribution in [3.63, 3.8) is 0 Å². The van der Waals surface area contributed by atoms with Crippen molar-refractivity contribution < 1.29 is 4.21 Å². The second-order valence-electron chi connectivity index (χ2n) is 0.891. The summed E-state index contributed by atoms with van der Waals surface area (Å²) in [7, 11) is 0. The van der Waals surface area contributed by atoms with Crippen molar-refractivity contribution >= 4 is 43.5 Å². The molecule has 0 N–H and O–H groups in total. The van der Waals surface area contributed by atoms with Crippen LogP contribution in [-0.4, -0.2) is 2.57 Å². The van der Waals surface area contributed by atoms with E-state index in [0.29, 0.717) is 11.7 Å². The third-order valence-corrected chi connectivity index (χ3v) is 1.23. The number of hydrogen-bond donors (Lipinski definition) is 0. The molecule has 0 spiro atoms. The Balaban J connectivity index is 3.45. The molecule has 0 aliphatic rings. The Kier molecular flexibility index (Phi) is 2.71. The molecule has 0 heterocycles. The highest BCUT2D eigenvalue weighted by Gasteiger charge is 2.30. The van der Waals surface area contributed by atoms with E-state index in [1.54, 1.807) is 6.92 Å². The van der Waals surface area contributed by atoms with Crippen LogP contribution in [0.15, 0.2) is 0 Å². The molecular formula is C2H3Br2OS+. The van der Waals surface area contributed by atoms with Crippen LogP contribution in [0.1, 0.15) is 6.92 Å². The lowest BCUT2D eigenvalue weighted by atomic mass is 11.0. The van der Waals surface area contributed by atoms with E-state index < -0.39 is 2.57 Å². The quantitative estimate of drug-likeness (QED) is 0.500. The first kappa shape index (κ1) is 6.98.